The second kappa shape index (κ2) is 10.1. The molecule has 2 N–H and O–H groups in total. The molecule has 0 bridgehead atoms. The predicted molar refractivity (Wildman–Crippen MR) is 140 cm³/mol. The van der Waals surface area contributed by atoms with Crippen LogP contribution in [0.15, 0.2) is 72.8 Å². The van der Waals surface area contributed by atoms with E-state index in [9.17, 15) is 19.5 Å². The molecule has 3 aromatic rings. The van der Waals surface area contributed by atoms with Crippen molar-refractivity contribution < 1.29 is 24.2 Å². The van der Waals surface area contributed by atoms with Crippen LogP contribution in [0.3, 0.4) is 0 Å². The van der Waals surface area contributed by atoms with Crippen LogP contribution in [0.25, 0.3) is 11.1 Å². The molecule has 5 rings (SSSR count). The third-order valence-electron chi connectivity index (χ3n) is 7.38. The van der Waals surface area contributed by atoms with E-state index in [-0.39, 0.29) is 36.1 Å². The average Bonchev–Trinajstić information content (AvgIpc) is 3.74. The standard InChI is InChI=1S/C30H30N2O5/c1-18-27(31-30(36)37-17-20-6-4-3-5-7-20)25-16-24(21-8-12-23(13-9-21)29(34)35)14-15-26(25)32(19(2)33)28(18)22-10-11-22/h3-9,12-16,18,22,27-28H,10-11,17H2,1-2H3,(H,31,36)(H,34,35)/t18-,27-,28?/m1/s1. The summed E-state index contributed by atoms with van der Waals surface area (Å²) in [6, 6.07) is 21.7. The summed E-state index contributed by atoms with van der Waals surface area (Å²) in [6.45, 7) is 3.84. The minimum atomic E-state index is -0.979. The van der Waals surface area contributed by atoms with Gasteiger partial charge in [-0.2, -0.15) is 0 Å². The zero-order valence-electron chi connectivity index (χ0n) is 20.9. The molecule has 0 spiro atoms. The van der Waals surface area contributed by atoms with Crippen LogP contribution in [-0.2, 0) is 16.1 Å². The number of fused-ring (bicyclic) bond motifs is 1. The quantitative estimate of drug-likeness (QED) is 0.448. The lowest BCUT2D eigenvalue weighted by Crippen LogP contribution is -2.53. The summed E-state index contributed by atoms with van der Waals surface area (Å²) < 4.78 is 5.54. The molecule has 2 amide bonds. The van der Waals surface area contributed by atoms with Gasteiger partial charge in [0.25, 0.3) is 0 Å². The molecule has 1 heterocycles. The number of carboxylic acid groups (broad SMARTS) is 1. The molecule has 7 nitrogen and oxygen atoms in total. The maximum Gasteiger partial charge on any atom is 0.407 e. The number of hydrogen-bond acceptors (Lipinski definition) is 4. The Morgan fingerprint density at radius 1 is 0.973 bits per heavy atom. The number of nitrogens with zero attached hydrogens (tertiary/aromatic N) is 1. The number of carbonyl (C=O) groups excluding carboxylic acids is 2. The molecule has 1 fully saturated rings. The topological polar surface area (TPSA) is 95.9 Å². The molecular formula is C30H30N2O5. The summed E-state index contributed by atoms with van der Waals surface area (Å²) in [5.74, 6) is -0.626. The Balaban J connectivity index is 1.49. The number of carboxylic acids is 1. The predicted octanol–water partition coefficient (Wildman–Crippen LogP) is 5.80. The summed E-state index contributed by atoms with van der Waals surface area (Å²) in [5.41, 5.74) is 4.48. The molecule has 1 aliphatic heterocycles. The number of amides is 2. The highest BCUT2D eigenvalue weighted by atomic mass is 16.5. The van der Waals surface area contributed by atoms with Crippen LogP contribution in [0.5, 0.6) is 0 Å². The third-order valence-corrected chi connectivity index (χ3v) is 7.38. The van der Waals surface area contributed by atoms with Crippen LogP contribution in [0.4, 0.5) is 10.5 Å². The highest BCUT2D eigenvalue weighted by Crippen LogP contribution is 2.49. The number of rotatable bonds is 6. The monoisotopic (exact) mass is 498 g/mol. The van der Waals surface area contributed by atoms with Crippen molar-refractivity contribution in [3.63, 3.8) is 0 Å². The first kappa shape index (κ1) is 24.6. The number of aromatic carboxylic acids is 1. The molecular weight excluding hydrogens is 468 g/mol. The summed E-state index contributed by atoms with van der Waals surface area (Å²) in [4.78, 5) is 38.9. The Kier molecular flexibility index (Phi) is 6.70. The van der Waals surface area contributed by atoms with Gasteiger partial charge in [0.15, 0.2) is 0 Å². The fraction of sp³-hybridized carbons (Fsp3) is 0.300. The maximum atomic E-state index is 12.9. The zero-order valence-corrected chi connectivity index (χ0v) is 20.9. The number of ether oxygens (including phenoxy) is 1. The molecule has 3 aromatic carbocycles. The third kappa shape index (κ3) is 5.07. The highest BCUT2D eigenvalue weighted by molar-refractivity contribution is 5.95. The van der Waals surface area contributed by atoms with Gasteiger partial charge in [0.2, 0.25) is 5.91 Å². The van der Waals surface area contributed by atoms with Crippen LogP contribution in [0, 0.1) is 11.8 Å². The first-order valence-electron chi connectivity index (χ1n) is 12.6. The molecule has 3 atom stereocenters. The van der Waals surface area contributed by atoms with Crippen LogP contribution in [0.1, 0.15) is 54.2 Å². The summed E-state index contributed by atoms with van der Waals surface area (Å²) >= 11 is 0. The van der Waals surface area contributed by atoms with Gasteiger partial charge in [-0.25, -0.2) is 9.59 Å². The van der Waals surface area contributed by atoms with E-state index in [0.717, 1.165) is 40.8 Å². The van der Waals surface area contributed by atoms with E-state index >= 15 is 0 Å². The minimum absolute atomic E-state index is 0.00914. The fourth-order valence-corrected chi connectivity index (χ4v) is 5.44. The SMILES string of the molecule is CC(=O)N1c2ccc(-c3ccc(C(=O)O)cc3)cc2[C@H](NC(=O)OCc2ccccc2)[C@@H](C)C1C1CC1. The van der Waals surface area contributed by atoms with Crippen LogP contribution in [0.2, 0.25) is 0 Å². The van der Waals surface area contributed by atoms with Crippen molar-refractivity contribution in [1.29, 1.82) is 0 Å². The van der Waals surface area contributed by atoms with Gasteiger partial charge in [0, 0.05) is 24.6 Å². The second-order valence-corrected chi connectivity index (χ2v) is 9.92. The Hall–Kier alpha value is -4.13. The number of carbonyl (C=O) groups is 3. The average molecular weight is 499 g/mol. The van der Waals surface area contributed by atoms with E-state index in [1.165, 1.54) is 0 Å². The molecule has 37 heavy (non-hydrogen) atoms. The second-order valence-electron chi connectivity index (χ2n) is 9.92. The lowest BCUT2D eigenvalue weighted by Gasteiger charge is -2.45. The van der Waals surface area contributed by atoms with Gasteiger partial charge in [0.05, 0.1) is 11.6 Å². The number of nitrogens with one attached hydrogen (secondary N) is 1. The molecule has 1 saturated carbocycles. The van der Waals surface area contributed by atoms with Gasteiger partial charge in [-0.3, -0.25) is 4.79 Å². The van der Waals surface area contributed by atoms with Crippen molar-refractivity contribution in [1.82, 2.24) is 5.32 Å². The van der Waals surface area contributed by atoms with Crippen molar-refractivity contribution in [2.24, 2.45) is 11.8 Å². The van der Waals surface area contributed by atoms with E-state index in [4.69, 9.17) is 4.74 Å². The number of benzene rings is 3. The number of hydrogen-bond donors (Lipinski definition) is 2. The Morgan fingerprint density at radius 2 is 1.65 bits per heavy atom. The number of anilines is 1. The van der Waals surface area contributed by atoms with Gasteiger partial charge in [-0.05, 0) is 65.3 Å². The lowest BCUT2D eigenvalue weighted by molar-refractivity contribution is -0.117. The van der Waals surface area contributed by atoms with Crippen LogP contribution in [-0.4, -0.2) is 29.1 Å². The van der Waals surface area contributed by atoms with E-state index < -0.39 is 12.1 Å². The molecule has 2 aliphatic rings. The lowest BCUT2D eigenvalue weighted by atomic mass is 9.79. The van der Waals surface area contributed by atoms with Gasteiger partial charge in [-0.1, -0.05) is 55.5 Å². The van der Waals surface area contributed by atoms with Gasteiger partial charge in [-0.15, -0.1) is 0 Å². The normalized spacial score (nSPS) is 20.6. The molecule has 0 aromatic heterocycles. The van der Waals surface area contributed by atoms with Crippen molar-refractivity contribution >= 4 is 23.7 Å². The Morgan fingerprint density at radius 3 is 2.27 bits per heavy atom. The molecule has 0 saturated heterocycles. The first-order valence-corrected chi connectivity index (χ1v) is 12.6. The van der Waals surface area contributed by atoms with Crippen molar-refractivity contribution in [2.75, 3.05) is 4.90 Å². The fourth-order valence-electron chi connectivity index (χ4n) is 5.44. The van der Waals surface area contributed by atoms with E-state index in [1.54, 1.807) is 31.2 Å². The minimum Gasteiger partial charge on any atom is -0.478 e. The maximum absolute atomic E-state index is 12.9. The van der Waals surface area contributed by atoms with E-state index in [1.807, 2.05) is 53.4 Å². The van der Waals surface area contributed by atoms with Crippen molar-refractivity contribution in [3.05, 3.63) is 89.5 Å². The molecule has 1 aliphatic carbocycles. The highest BCUT2D eigenvalue weighted by Gasteiger charge is 2.48. The van der Waals surface area contributed by atoms with Crippen LogP contribution >= 0.6 is 0 Å². The number of alkyl carbamates (subject to hydrolysis) is 1. The van der Waals surface area contributed by atoms with Crippen molar-refractivity contribution in [2.45, 2.75) is 45.4 Å². The van der Waals surface area contributed by atoms with Gasteiger partial charge < -0.3 is 20.1 Å². The summed E-state index contributed by atoms with van der Waals surface area (Å²) in [6.07, 6.45) is 1.62. The Bertz CT molecular complexity index is 1320. The summed E-state index contributed by atoms with van der Waals surface area (Å²) in [7, 11) is 0. The first-order chi connectivity index (χ1) is 17.8. The zero-order chi connectivity index (χ0) is 26.1. The van der Waals surface area contributed by atoms with E-state index in [0.29, 0.717) is 5.92 Å². The molecule has 190 valence electrons. The molecule has 1 unspecified atom stereocenters. The van der Waals surface area contributed by atoms with Crippen molar-refractivity contribution in [3.8, 4) is 11.1 Å². The summed E-state index contributed by atoms with van der Waals surface area (Å²) in [5, 5.41) is 12.3. The van der Waals surface area contributed by atoms with Gasteiger partial charge in [0.1, 0.15) is 6.61 Å². The van der Waals surface area contributed by atoms with Gasteiger partial charge >= 0.3 is 12.1 Å². The Labute approximate surface area is 216 Å². The molecule has 7 heteroatoms. The van der Waals surface area contributed by atoms with Crippen LogP contribution < -0.4 is 10.2 Å². The van der Waals surface area contributed by atoms with E-state index in [2.05, 4.69) is 12.2 Å². The largest absolute Gasteiger partial charge is 0.478 e. The molecule has 0 radical (unpaired) electrons. The smallest absolute Gasteiger partial charge is 0.407 e.